The standard InChI is InChI=1S/C16H27N3O/c1-11(2)7-8-19(6)15(20)12-9-13(16(3,4)5)18-14(17)10-12/h9-11H,7-8H2,1-6H3,(H2,17,18). The first-order valence-electron chi connectivity index (χ1n) is 7.14. The van der Waals surface area contributed by atoms with Gasteiger partial charge in [0.05, 0.1) is 0 Å². The van der Waals surface area contributed by atoms with E-state index in [4.69, 9.17) is 5.73 Å². The van der Waals surface area contributed by atoms with Crippen LogP contribution in [0.2, 0.25) is 0 Å². The number of rotatable bonds is 4. The molecule has 0 aliphatic rings. The first kappa shape index (κ1) is 16.5. The molecule has 4 heteroatoms. The van der Waals surface area contributed by atoms with E-state index in [1.165, 1.54) is 0 Å². The molecule has 112 valence electrons. The number of aromatic nitrogens is 1. The van der Waals surface area contributed by atoms with Crippen LogP contribution >= 0.6 is 0 Å². The molecule has 0 spiro atoms. The second kappa shape index (κ2) is 6.25. The summed E-state index contributed by atoms with van der Waals surface area (Å²) in [4.78, 5) is 18.5. The van der Waals surface area contributed by atoms with Gasteiger partial charge in [-0.05, 0) is 24.5 Å². The molecule has 1 aromatic rings. The molecule has 2 N–H and O–H groups in total. The van der Waals surface area contributed by atoms with Gasteiger partial charge in [-0.2, -0.15) is 0 Å². The van der Waals surface area contributed by atoms with Gasteiger partial charge in [-0.25, -0.2) is 4.98 Å². The number of pyridine rings is 1. The number of hydrogen-bond acceptors (Lipinski definition) is 3. The lowest BCUT2D eigenvalue weighted by Gasteiger charge is -2.22. The molecule has 0 radical (unpaired) electrons. The van der Waals surface area contributed by atoms with Crippen LogP contribution in [-0.2, 0) is 5.41 Å². The summed E-state index contributed by atoms with van der Waals surface area (Å²) in [5.74, 6) is 0.987. The Morgan fingerprint density at radius 2 is 1.95 bits per heavy atom. The molecule has 0 aliphatic heterocycles. The average molecular weight is 277 g/mol. The maximum absolute atomic E-state index is 12.4. The largest absolute Gasteiger partial charge is 0.384 e. The molecule has 0 atom stereocenters. The summed E-state index contributed by atoms with van der Waals surface area (Å²) in [6.07, 6.45) is 0.995. The number of nitrogens with two attached hydrogens (primary N) is 1. The summed E-state index contributed by atoms with van der Waals surface area (Å²) in [6.45, 7) is 11.2. The van der Waals surface area contributed by atoms with E-state index < -0.39 is 0 Å². The Labute approximate surface area is 122 Å². The third-order valence-corrected chi connectivity index (χ3v) is 3.25. The molecule has 0 bridgehead atoms. The minimum Gasteiger partial charge on any atom is -0.384 e. The van der Waals surface area contributed by atoms with Crippen molar-refractivity contribution in [3.05, 3.63) is 23.4 Å². The second-order valence-corrected chi connectivity index (χ2v) is 6.83. The highest BCUT2D eigenvalue weighted by molar-refractivity contribution is 5.94. The highest BCUT2D eigenvalue weighted by Crippen LogP contribution is 2.23. The van der Waals surface area contributed by atoms with Crippen LogP contribution in [0.1, 0.15) is 57.1 Å². The van der Waals surface area contributed by atoms with Gasteiger partial charge < -0.3 is 10.6 Å². The van der Waals surface area contributed by atoms with Crippen LogP contribution in [0.15, 0.2) is 12.1 Å². The summed E-state index contributed by atoms with van der Waals surface area (Å²) in [6, 6.07) is 3.51. The summed E-state index contributed by atoms with van der Waals surface area (Å²) < 4.78 is 0. The lowest BCUT2D eigenvalue weighted by molar-refractivity contribution is 0.0789. The van der Waals surface area contributed by atoms with E-state index in [2.05, 4.69) is 39.6 Å². The topological polar surface area (TPSA) is 59.2 Å². The van der Waals surface area contributed by atoms with Crippen molar-refractivity contribution in [2.45, 2.75) is 46.5 Å². The zero-order valence-corrected chi connectivity index (χ0v) is 13.5. The van der Waals surface area contributed by atoms with Crippen LogP contribution in [0, 0.1) is 5.92 Å². The fourth-order valence-electron chi connectivity index (χ4n) is 1.83. The van der Waals surface area contributed by atoms with Gasteiger partial charge in [0.2, 0.25) is 0 Å². The first-order valence-corrected chi connectivity index (χ1v) is 7.14. The van der Waals surface area contributed by atoms with Gasteiger partial charge in [-0.15, -0.1) is 0 Å². The van der Waals surface area contributed by atoms with Gasteiger partial charge >= 0.3 is 0 Å². The maximum atomic E-state index is 12.4. The number of nitrogens with zero attached hydrogens (tertiary/aromatic N) is 2. The van der Waals surface area contributed by atoms with Crippen molar-refractivity contribution >= 4 is 11.7 Å². The van der Waals surface area contributed by atoms with Crippen LogP contribution in [0.5, 0.6) is 0 Å². The lowest BCUT2D eigenvalue weighted by Crippen LogP contribution is -2.29. The number of hydrogen-bond donors (Lipinski definition) is 1. The van der Waals surface area contributed by atoms with Gasteiger partial charge in [0, 0.05) is 30.3 Å². The van der Waals surface area contributed by atoms with E-state index in [9.17, 15) is 4.79 Å². The van der Waals surface area contributed by atoms with Gasteiger partial charge in [-0.3, -0.25) is 4.79 Å². The Balaban J connectivity index is 2.96. The summed E-state index contributed by atoms with van der Waals surface area (Å²) in [7, 11) is 1.83. The van der Waals surface area contributed by atoms with E-state index in [0.29, 0.717) is 17.3 Å². The van der Waals surface area contributed by atoms with E-state index in [-0.39, 0.29) is 11.3 Å². The zero-order chi connectivity index (χ0) is 15.5. The first-order chi connectivity index (χ1) is 9.11. The third-order valence-electron chi connectivity index (χ3n) is 3.25. The molecule has 4 nitrogen and oxygen atoms in total. The number of anilines is 1. The smallest absolute Gasteiger partial charge is 0.253 e. The average Bonchev–Trinajstić information content (AvgIpc) is 2.33. The molecule has 0 saturated carbocycles. The normalized spacial score (nSPS) is 11.8. The van der Waals surface area contributed by atoms with Crippen molar-refractivity contribution in [2.24, 2.45) is 5.92 Å². The van der Waals surface area contributed by atoms with E-state index in [1.54, 1.807) is 11.0 Å². The number of carbonyl (C=O) groups is 1. The second-order valence-electron chi connectivity index (χ2n) is 6.83. The molecule has 20 heavy (non-hydrogen) atoms. The molecule has 0 aromatic carbocycles. The zero-order valence-electron chi connectivity index (χ0n) is 13.5. The fraction of sp³-hybridized carbons (Fsp3) is 0.625. The third kappa shape index (κ3) is 4.51. The lowest BCUT2D eigenvalue weighted by atomic mass is 9.90. The quantitative estimate of drug-likeness (QED) is 0.920. The SMILES string of the molecule is CC(C)CCN(C)C(=O)c1cc(N)nc(C(C)(C)C)c1. The van der Waals surface area contributed by atoms with Crippen molar-refractivity contribution in [1.82, 2.24) is 9.88 Å². The van der Waals surface area contributed by atoms with Crippen LogP contribution in [0.4, 0.5) is 5.82 Å². The number of nitrogen functional groups attached to an aromatic ring is 1. The Bertz CT molecular complexity index is 475. The van der Waals surface area contributed by atoms with Gasteiger partial charge in [0.15, 0.2) is 0 Å². The molecule has 1 amide bonds. The molecule has 1 heterocycles. The minimum absolute atomic E-state index is 0.00486. The van der Waals surface area contributed by atoms with Gasteiger partial charge in [0.25, 0.3) is 5.91 Å². The van der Waals surface area contributed by atoms with Crippen molar-refractivity contribution in [2.75, 3.05) is 19.3 Å². The van der Waals surface area contributed by atoms with E-state index in [1.807, 2.05) is 13.1 Å². The minimum atomic E-state index is -0.124. The van der Waals surface area contributed by atoms with Crippen molar-refractivity contribution in [3.8, 4) is 0 Å². The van der Waals surface area contributed by atoms with Crippen LogP contribution < -0.4 is 5.73 Å². The molecule has 0 fully saturated rings. The highest BCUT2D eigenvalue weighted by Gasteiger charge is 2.20. The van der Waals surface area contributed by atoms with E-state index >= 15 is 0 Å². The predicted molar refractivity (Wildman–Crippen MR) is 83.8 cm³/mol. The molecule has 0 saturated heterocycles. The molecule has 0 aliphatic carbocycles. The summed E-state index contributed by atoms with van der Waals surface area (Å²) in [5, 5.41) is 0. The van der Waals surface area contributed by atoms with Crippen molar-refractivity contribution < 1.29 is 4.79 Å². The summed E-state index contributed by atoms with van der Waals surface area (Å²) in [5.41, 5.74) is 7.17. The Kier molecular flexibility index (Phi) is 5.15. The fourth-order valence-corrected chi connectivity index (χ4v) is 1.83. The molecule has 1 rings (SSSR count). The summed E-state index contributed by atoms with van der Waals surface area (Å²) >= 11 is 0. The number of carbonyl (C=O) groups excluding carboxylic acids is 1. The van der Waals surface area contributed by atoms with Crippen molar-refractivity contribution in [1.29, 1.82) is 0 Å². The van der Waals surface area contributed by atoms with Gasteiger partial charge in [0.1, 0.15) is 5.82 Å². The van der Waals surface area contributed by atoms with Crippen LogP contribution in [-0.4, -0.2) is 29.4 Å². The maximum Gasteiger partial charge on any atom is 0.253 e. The van der Waals surface area contributed by atoms with Crippen LogP contribution in [0.3, 0.4) is 0 Å². The monoisotopic (exact) mass is 277 g/mol. The van der Waals surface area contributed by atoms with Gasteiger partial charge in [-0.1, -0.05) is 34.6 Å². The van der Waals surface area contributed by atoms with Crippen molar-refractivity contribution in [3.63, 3.8) is 0 Å². The molecule has 1 aromatic heterocycles. The highest BCUT2D eigenvalue weighted by atomic mass is 16.2. The van der Waals surface area contributed by atoms with E-state index in [0.717, 1.165) is 18.7 Å². The Hall–Kier alpha value is -1.58. The predicted octanol–water partition coefficient (Wildman–Crippen LogP) is 3.08. The molecular formula is C16H27N3O. The Morgan fingerprint density at radius 1 is 1.35 bits per heavy atom. The molecular weight excluding hydrogens is 250 g/mol. The Morgan fingerprint density at radius 3 is 2.45 bits per heavy atom. The van der Waals surface area contributed by atoms with Crippen LogP contribution in [0.25, 0.3) is 0 Å². The number of amides is 1. The molecule has 0 unspecified atom stereocenters.